The van der Waals surface area contributed by atoms with Crippen LogP contribution in [0.25, 0.3) is 11.1 Å². The Hall–Kier alpha value is -3.39. The zero-order chi connectivity index (χ0) is 22.4. The lowest BCUT2D eigenvalue weighted by Gasteiger charge is -2.14. The first-order valence-electron chi connectivity index (χ1n) is 9.34. The maximum Gasteiger partial charge on any atom is 0.323 e. The number of carbonyl (C=O) groups excluding carboxylic acids is 1. The average molecular weight is 487 g/mol. The van der Waals surface area contributed by atoms with Crippen molar-refractivity contribution < 1.29 is 23.8 Å². The SMILES string of the molecule is COc1ccc(Cc2ccc(NC(=O)NCC(=O)O)cc2)c(F)c1-c1cccc(Br)c1. The standard InChI is InChI=1S/C23H20BrFN2O4/c1-31-19-10-7-16(22(25)21(19)15-3-2-4-17(24)12-15)11-14-5-8-18(9-6-14)27-23(30)26-13-20(28)29/h2-10,12H,11,13H2,1H3,(H,28,29)(H2,26,27,30). The molecule has 0 saturated heterocycles. The third-order valence-corrected chi connectivity index (χ3v) is 5.02. The lowest BCUT2D eigenvalue weighted by molar-refractivity contribution is -0.135. The molecule has 31 heavy (non-hydrogen) atoms. The van der Waals surface area contributed by atoms with Gasteiger partial charge < -0.3 is 20.5 Å². The summed E-state index contributed by atoms with van der Waals surface area (Å²) in [6.07, 6.45) is 0.350. The third kappa shape index (κ3) is 5.82. The molecule has 3 rings (SSSR count). The number of methoxy groups -OCH3 is 1. The molecule has 0 aliphatic heterocycles. The number of rotatable bonds is 7. The van der Waals surface area contributed by atoms with Gasteiger partial charge in [-0.25, -0.2) is 9.18 Å². The number of aliphatic carboxylic acids is 1. The summed E-state index contributed by atoms with van der Waals surface area (Å²) < 4.78 is 21.6. The second-order valence-electron chi connectivity index (χ2n) is 6.70. The van der Waals surface area contributed by atoms with E-state index in [1.165, 1.54) is 7.11 Å². The lowest BCUT2D eigenvalue weighted by Crippen LogP contribution is -2.33. The number of halogens is 2. The van der Waals surface area contributed by atoms with Crippen LogP contribution in [0, 0.1) is 5.82 Å². The zero-order valence-corrected chi connectivity index (χ0v) is 18.2. The van der Waals surface area contributed by atoms with Crippen molar-refractivity contribution in [1.82, 2.24) is 5.32 Å². The maximum atomic E-state index is 15.4. The van der Waals surface area contributed by atoms with E-state index in [1.807, 2.05) is 24.3 Å². The number of hydrogen-bond acceptors (Lipinski definition) is 3. The normalized spacial score (nSPS) is 10.4. The predicted molar refractivity (Wildman–Crippen MR) is 120 cm³/mol. The molecule has 0 fully saturated rings. The van der Waals surface area contributed by atoms with Gasteiger partial charge in [-0.3, -0.25) is 4.79 Å². The fourth-order valence-electron chi connectivity index (χ4n) is 3.08. The van der Waals surface area contributed by atoms with Crippen LogP contribution in [-0.2, 0) is 11.2 Å². The van der Waals surface area contributed by atoms with E-state index < -0.39 is 18.5 Å². The number of anilines is 1. The topological polar surface area (TPSA) is 87.7 Å². The summed E-state index contributed by atoms with van der Waals surface area (Å²) in [5, 5.41) is 13.3. The van der Waals surface area contributed by atoms with Gasteiger partial charge in [0.1, 0.15) is 18.1 Å². The minimum Gasteiger partial charge on any atom is -0.496 e. The highest BCUT2D eigenvalue weighted by Crippen LogP contribution is 2.36. The molecule has 0 aliphatic carbocycles. The van der Waals surface area contributed by atoms with E-state index in [0.717, 1.165) is 10.0 Å². The lowest BCUT2D eigenvalue weighted by atomic mass is 9.97. The third-order valence-electron chi connectivity index (χ3n) is 4.52. The molecule has 3 aromatic carbocycles. The summed E-state index contributed by atoms with van der Waals surface area (Å²) >= 11 is 3.42. The van der Waals surface area contributed by atoms with Gasteiger partial charge in [0, 0.05) is 16.6 Å². The molecule has 0 bridgehead atoms. The molecule has 0 spiro atoms. The fourth-order valence-corrected chi connectivity index (χ4v) is 3.48. The number of benzene rings is 3. The van der Waals surface area contributed by atoms with Crippen LogP contribution in [0.1, 0.15) is 11.1 Å². The zero-order valence-electron chi connectivity index (χ0n) is 16.6. The molecule has 0 unspecified atom stereocenters. The summed E-state index contributed by atoms with van der Waals surface area (Å²) in [4.78, 5) is 22.1. The molecule has 2 amide bonds. The van der Waals surface area contributed by atoms with E-state index >= 15 is 4.39 Å². The van der Waals surface area contributed by atoms with Crippen molar-refractivity contribution in [1.29, 1.82) is 0 Å². The summed E-state index contributed by atoms with van der Waals surface area (Å²) in [7, 11) is 1.51. The van der Waals surface area contributed by atoms with Crippen LogP contribution in [-0.4, -0.2) is 30.8 Å². The molecule has 8 heteroatoms. The summed E-state index contributed by atoms with van der Waals surface area (Å²) in [5.74, 6) is -1.03. The maximum absolute atomic E-state index is 15.4. The smallest absolute Gasteiger partial charge is 0.323 e. The molecule has 0 atom stereocenters. The highest BCUT2D eigenvalue weighted by atomic mass is 79.9. The Morgan fingerprint density at radius 2 is 1.84 bits per heavy atom. The Morgan fingerprint density at radius 3 is 2.48 bits per heavy atom. The Bertz CT molecular complexity index is 1100. The van der Waals surface area contributed by atoms with Gasteiger partial charge in [0.25, 0.3) is 0 Å². The first-order valence-corrected chi connectivity index (χ1v) is 10.1. The Morgan fingerprint density at radius 1 is 1.10 bits per heavy atom. The number of carboxylic acids is 1. The molecule has 3 N–H and O–H groups in total. The summed E-state index contributed by atoms with van der Waals surface area (Å²) in [6, 6.07) is 17.1. The minimum atomic E-state index is -1.13. The van der Waals surface area contributed by atoms with E-state index in [2.05, 4.69) is 26.6 Å². The van der Waals surface area contributed by atoms with Crippen molar-refractivity contribution in [2.75, 3.05) is 19.0 Å². The number of carbonyl (C=O) groups is 2. The first-order chi connectivity index (χ1) is 14.9. The van der Waals surface area contributed by atoms with E-state index in [4.69, 9.17) is 9.84 Å². The van der Waals surface area contributed by atoms with Crippen LogP contribution in [0.4, 0.5) is 14.9 Å². The van der Waals surface area contributed by atoms with Gasteiger partial charge in [0.2, 0.25) is 0 Å². The van der Waals surface area contributed by atoms with Crippen molar-refractivity contribution in [2.45, 2.75) is 6.42 Å². The van der Waals surface area contributed by atoms with Crippen molar-refractivity contribution in [2.24, 2.45) is 0 Å². The van der Waals surface area contributed by atoms with E-state index in [9.17, 15) is 9.59 Å². The van der Waals surface area contributed by atoms with Crippen LogP contribution in [0.2, 0.25) is 0 Å². The largest absolute Gasteiger partial charge is 0.496 e. The van der Waals surface area contributed by atoms with E-state index in [1.54, 1.807) is 36.4 Å². The van der Waals surface area contributed by atoms with Gasteiger partial charge in [-0.2, -0.15) is 0 Å². The monoisotopic (exact) mass is 486 g/mol. The van der Waals surface area contributed by atoms with Gasteiger partial charge in [-0.05, 0) is 47.0 Å². The minimum absolute atomic E-state index is 0.350. The Labute approximate surface area is 187 Å². The van der Waals surface area contributed by atoms with Crippen LogP contribution in [0.5, 0.6) is 5.75 Å². The Balaban J connectivity index is 1.79. The van der Waals surface area contributed by atoms with Crippen molar-refractivity contribution in [3.8, 4) is 16.9 Å². The number of hydrogen-bond donors (Lipinski definition) is 3. The van der Waals surface area contributed by atoms with Gasteiger partial charge in [0.15, 0.2) is 0 Å². The molecule has 0 heterocycles. The van der Waals surface area contributed by atoms with Crippen molar-refractivity contribution in [3.05, 3.63) is 82.1 Å². The molecule has 160 valence electrons. The molecular weight excluding hydrogens is 467 g/mol. The van der Waals surface area contributed by atoms with Crippen LogP contribution >= 0.6 is 15.9 Å². The number of carboxylic acid groups (broad SMARTS) is 1. The van der Waals surface area contributed by atoms with Crippen molar-refractivity contribution >= 4 is 33.6 Å². The quantitative estimate of drug-likeness (QED) is 0.435. The molecule has 3 aromatic rings. The molecular formula is C23H20BrFN2O4. The highest BCUT2D eigenvalue weighted by Gasteiger charge is 2.17. The van der Waals surface area contributed by atoms with Gasteiger partial charge in [0.05, 0.1) is 12.7 Å². The van der Waals surface area contributed by atoms with E-state index in [0.29, 0.717) is 34.5 Å². The molecule has 6 nitrogen and oxygen atoms in total. The summed E-state index contributed by atoms with van der Waals surface area (Å²) in [6.45, 7) is -0.471. The van der Waals surface area contributed by atoms with Crippen LogP contribution in [0.15, 0.2) is 65.1 Å². The molecule has 0 aromatic heterocycles. The second-order valence-corrected chi connectivity index (χ2v) is 7.62. The van der Waals surface area contributed by atoms with Crippen LogP contribution < -0.4 is 15.4 Å². The number of urea groups is 1. The number of amides is 2. The van der Waals surface area contributed by atoms with Crippen molar-refractivity contribution in [3.63, 3.8) is 0 Å². The summed E-state index contributed by atoms with van der Waals surface area (Å²) in [5.41, 5.74) is 2.96. The van der Waals surface area contributed by atoms with Gasteiger partial charge in [-0.15, -0.1) is 0 Å². The predicted octanol–water partition coefficient (Wildman–Crippen LogP) is 5.06. The number of ether oxygens (including phenoxy) is 1. The fraction of sp³-hybridized carbons (Fsp3) is 0.130. The molecule has 0 saturated carbocycles. The highest BCUT2D eigenvalue weighted by molar-refractivity contribution is 9.10. The molecule has 0 aliphatic rings. The Kier molecular flexibility index (Phi) is 7.25. The van der Waals surface area contributed by atoms with Gasteiger partial charge >= 0.3 is 12.0 Å². The first kappa shape index (κ1) is 22.3. The average Bonchev–Trinajstić information content (AvgIpc) is 2.74. The van der Waals surface area contributed by atoms with Gasteiger partial charge in [-0.1, -0.05) is 46.3 Å². The second kappa shape index (κ2) is 10.1. The van der Waals surface area contributed by atoms with E-state index in [-0.39, 0.29) is 5.82 Å². The number of nitrogens with one attached hydrogen (secondary N) is 2. The van der Waals surface area contributed by atoms with Crippen LogP contribution in [0.3, 0.4) is 0 Å². The molecule has 0 radical (unpaired) electrons.